The van der Waals surface area contributed by atoms with Crippen molar-refractivity contribution in [2.45, 2.75) is 45.2 Å². The lowest BCUT2D eigenvalue weighted by Crippen LogP contribution is -2.47. The summed E-state index contributed by atoms with van der Waals surface area (Å²) < 4.78 is 0. The molecule has 0 radical (unpaired) electrons. The van der Waals surface area contributed by atoms with Gasteiger partial charge in [0.1, 0.15) is 0 Å². The van der Waals surface area contributed by atoms with Gasteiger partial charge < -0.3 is 5.73 Å². The molecule has 2 atom stereocenters. The Morgan fingerprint density at radius 3 is 2.76 bits per heavy atom. The number of anilines is 2. The van der Waals surface area contributed by atoms with Crippen LogP contribution in [0.5, 0.6) is 0 Å². The highest BCUT2D eigenvalue weighted by Crippen LogP contribution is 2.22. The second-order valence-corrected chi connectivity index (χ2v) is 5.84. The summed E-state index contributed by atoms with van der Waals surface area (Å²) >= 11 is 0. The van der Waals surface area contributed by atoms with Gasteiger partial charge in [-0.05, 0) is 44.9 Å². The second-order valence-electron chi connectivity index (χ2n) is 5.84. The highest BCUT2D eigenvalue weighted by molar-refractivity contribution is 5.81. The van der Waals surface area contributed by atoms with E-state index in [1.165, 1.54) is 6.42 Å². The van der Waals surface area contributed by atoms with Crippen LogP contribution in [0.4, 0.5) is 11.6 Å². The van der Waals surface area contributed by atoms with Gasteiger partial charge in [-0.2, -0.15) is 0 Å². The average molecular weight is 287 g/mol. The van der Waals surface area contributed by atoms with Gasteiger partial charge in [-0.15, -0.1) is 0 Å². The van der Waals surface area contributed by atoms with Crippen LogP contribution in [0, 0.1) is 0 Å². The van der Waals surface area contributed by atoms with E-state index in [0.29, 0.717) is 34.6 Å². The number of aromatic amines is 1. The van der Waals surface area contributed by atoms with Crippen molar-refractivity contribution in [1.82, 2.24) is 15.0 Å². The second kappa shape index (κ2) is 5.37. The van der Waals surface area contributed by atoms with E-state index in [9.17, 15) is 4.79 Å². The minimum Gasteiger partial charge on any atom is -0.399 e. The molecule has 1 saturated heterocycles. The van der Waals surface area contributed by atoms with Crippen LogP contribution in [0.15, 0.2) is 23.0 Å². The molecule has 1 aliphatic rings. The van der Waals surface area contributed by atoms with Crippen molar-refractivity contribution in [3.8, 4) is 0 Å². The minimum atomic E-state index is -0.174. The lowest BCUT2D eigenvalue weighted by molar-refractivity contribution is 0.134. The third kappa shape index (κ3) is 2.71. The van der Waals surface area contributed by atoms with E-state index in [2.05, 4.69) is 34.3 Å². The Morgan fingerprint density at radius 2 is 2.05 bits per heavy atom. The topological polar surface area (TPSA) is 87.0 Å². The zero-order valence-corrected chi connectivity index (χ0v) is 12.4. The monoisotopic (exact) mass is 287 g/mol. The van der Waals surface area contributed by atoms with Crippen LogP contribution in [-0.4, -0.2) is 27.1 Å². The fraction of sp³-hybridized carbons (Fsp3) is 0.467. The molecule has 2 heterocycles. The SMILES string of the molecule is CC1CCCC(C)N1Nc1nc2ccc(N)cc2c(=O)[nH]1. The van der Waals surface area contributed by atoms with E-state index in [1.807, 2.05) is 0 Å². The molecule has 0 amide bonds. The van der Waals surface area contributed by atoms with Gasteiger partial charge in [0.15, 0.2) is 0 Å². The molecule has 112 valence electrons. The molecule has 6 nitrogen and oxygen atoms in total. The van der Waals surface area contributed by atoms with E-state index in [1.54, 1.807) is 18.2 Å². The van der Waals surface area contributed by atoms with Gasteiger partial charge in [-0.3, -0.25) is 15.2 Å². The van der Waals surface area contributed by atoms with Gasteiger partial charge in [0, 0.05) is 17.8 Å². The fourth-order valence-corrected chi connectivity index (χ4v) is 2.97. The maximum absolute atomic E-state index is 12.1. The Morgan fingerprint density at radius 1 is 1.33 bits per heavy atom. The van der Waals surface area contributed by atoms with Gasteiger partial charge >= 0.3 is 0 Å². The zero-order valence-electron chi connectivity index (χ0n) is 12.4. The summed E-state index contributed by atoms with van der Waals surface area (Å²) in [7, 11) is 0. The lowest BCUT2D eigenvalue weighted by atomic mass is 10.00. The molecule has 0 spiro atoms. The summed E-state index contributed by atoms with van der Waals surface area (Å²) in [5.41, 5.74) is 10.0. The highest BCUT2D eigenvalue weighted by Gasteiger charge is 2.25. The normalized spacial score (nSPS) is 23.3. The molecule has 4 N–H and O–H groups in total. The van der Waals surface area contributed by atoms with E-state index < -0.39 is 0 Å². The molecule has 1 fully saturated rings. The summed E-state index contributed by atoms with van der Waals surface area (Å²) in [5.74, 6) is 0.484. The van der Waals surface area contributed by atoms with Crippen LogP contribution in [0.2, 0.25) is 0 Å². The minimum absolute atomic E-state index is 0.174. The number of benzene rings is 1. The van der Waals surface area contributed by atoms with Gasteiger partial charge in [0.25, 0.3) is 5.56 Å². The first-order valence-corrected chi connectivity index (χ1v) is 7.39. The molecule has 2 aromatic rings. The number of H-pyrrole nitrogens is 1. The number of nitrogens with one attached hydrogen (secondary N) is 2. The quantitative estimate of drug-likeness (QED) is 0.736. The Kier molecular flexibility index (Phi) is 3.55. The number of rotatable bonds is 2. The molecular formula is C15H21N5O. The van der Waals surface area contributed by atoms with Crippen molar-refractivity contribution < 1.29 is 0 Å². The van der Waals surface area contributed by atoms with Crippen molar-refractivity contribution >= 4 is 22.5 Å². The Balaban J connectivity index is 1.94. The summed E-state index contributed by atoms with van der Waals surface area (Å²) in [6, 6.07) is 6.01. The molecule has 0 aliphatic carbocycles. The van der Waals surface area contributed by atoms with Gasteiger partial charge in [-0.1, -0.05) is 6.42 Å². The molecule has 21 heavy (non-hydrogen) atoms. The number of nitrogen functional groups attached to an aromatic ring is 1. The van der Waals surface area contributed by atoms with Crippen molar-refractivity contribution in [3.63, 3.8) is 0 Å². The number of hydrazine groups is 1. The average Bonchev–Trinajstić information content (AvgIpc) is 2.44. The smallest absolute Gasteiger partial charge is 0.260 e. The van der Waals surface area contributed by atoms with Crippen LogP contribution in [0.25, 0.3) is 10.9 Å². The Hall–Kier alpha value is -2.08. The number of nitrogens with two attached hydrogens (primary N) is 1. The summed E-state index contributed by atoms with van der Waals surface area (Å²) in [6.07, 6.45) is 3.53. The predicted octanol–water partition coefficient (Wildman–Crippen LogP) is 2.10. The molecule has 1 aromatic carbocycles. The summed E-state index contributed by atoms with van der Waals surface area (Å²) in [4.78, 5) is 19.4. The third-order valence-corrected chi connectivity index (χ3v) is 4.16. The van der Waals surface area contributed by atoms with Crippen LogP contribution in [0.3, 0.4) is 0 Å². The number of piperidine rings is 1. The molecule has 2 unspecified atom stereocenters. The molecule has 6 heteroatoms. The molecule has 1 aliphatic heterocycles. The first-order chi connectivity index (χ1) is 10.0. The van der Waals surface area contributed by atoms with Crippen molar-refractivity contribution in [1.29, 1.82) is 0 Å². The standard InChI is InChI=1S/C15H21N5O/c1-9-4-3-5-10(2)20(9)19-15-17-13-7-6-11(16)8-12(13)14(21)18-15/h6-10H,3-5,16H2,1-2H3,(H2,17,18,19,21). The number of hydrogen-bond donors (Lipinski definition) is 3. The van der Waals surface area contributed by atoms with Crippen molar-refractivity contribution in [2.24, 2.45) is 0 Å². The molecule has 3 rings (SSSR count). The molecular weight excluding hydrogens is 266 g/mol. The van der Waals surface area contributed by atoms with Crippen LogP contribution < -0.4 is 16.7 Å². The highest BCUT2D eigenvalue weighted by atomic mass is 16.1. The first-order valence-electron chi connectivity index (χ1n) is 7.39. The maximum Gasteiger partial charge on any atom is 0.260 e. The third-order valence-electron chi connectivity index (χ3n) is 4.16. The predicted molar refractivity (Wildman–Crippen MR) is 85.0 cm³/mol. The van der Waals surface area contributed by atoms with E-state index in [-0.39, 0.29) is 5.56 Å². The van der Waals surface area contributed by atoms with Gasteiger partial charge in [0.2, 0.25) is 5.95 Å². The van der Waals surface area contributed by atoms with Gasteiger partial charge in [-0.25, -0.2) is 9.99 Å². The largest absolute Gasteiger partial charge is 0.399 e. The molecule has 0 bridgehead atoms. The fourth-order valence-electron chi connectivity index (χ4n) is 2.97. The van der Waals surface area contributed by atoms with Crippen LogP contribution in [0.1, 0.15) is 33.1 Å². The number of hydrogen-bond acceptors (Lipinski definition) is 5. The van der Waals surface area contributed by atoms with Crippen LogP contribution in [-0.2, 0) is 0 Å². The van der Waals surface area contributed by atoms with Crippen molar-refractivity contribution in [3.05, 3.63) is 28.6 Å². The number of fused-ring (bicyclic) bond motifs is 1. The Labute approximate surface area is 123 Å². The van der Waals surface area contributed by atoms with E-state index >= 15 is 0 Å². The van der Waals surface area contributed by atoms with Crippen molar-refractivity contribution in [2.75, 3.05) is 11.2 Å². The zero-order chi connectivity index (χ0) is 15.0. The van der Waals surface area contributed by atoms with Crippen LogP contribution >= 0.6 is 0 Å². The molecule has 1 aromatic heterocycles. The Bertz CT molecular complexity index is 701. The molecule has 0 saturated carbocycles. The van der Waals surface area contributed by atoms with E-state index in [0.717, 1.165) is 12.8 Å². The maximum atomic E-state index is 12.1. The summed E-state index contributed by atoms with van der Waals surface area (Å²) in [6.45, 7) is 4.37. The van der Waals surface area contributed by atoms with E-state index in [4.69, 9.17) is 5.73 Å². The first kappa shape index (κ1) is 13.9. The number of aromatic nitrogens is 2. The lowest BCUT2D eigenvalue weighted by Gasteiger charge is -2.38. The summed E-state index contributed by atoms with van der Waals surface area (Å²) in [5, 5.41) is 2.69. The number of nitrogens with zero attached hydrogens (tertiary/aromatic N) is 2. The van der Waals surface area contributed by atoms with Gasteiger partial charge in [0.05, 0.1) is 10.9 Å².